The molecule has 19 heavy (non-hydrogen) atoms. The van der Waals surface area contributed by atoms with Gasteiger partial charge < -0.3 is 9.31 Å². The average Bonchev–Trinajstić information content (AvgIpc) is 2.47. The van der Waals surface area contributed by atoms with Crippen LogP contribution in [0.5, 0.6) is 0 Å². The maximum Gasteiger partial charge on any atom is 0.458 e. The average molecular weight is 260 g/mol. The quantitative estimate of drug-likeness (QED) is 0.758. The molecule has 0 aliphatic carbocycles. The molecule has 2 rings (SSSR count). The third kappa shape index (κ3) is 3.03. The van der Waals surface area contributed by atoms with Crippen LogP contribution in [0.1, 0.15) is 51.7 Å². The van der Waals surface area contributed by atoms with Crippen molar-refractivity contribution in [3.63, 3.8) is 0 Å². The molecule has 104 valence electrons. The Morgan fingerprint density at radius 3 is 1.95 bits per heavy atom. The van der Waals surface area contributed by atoms with E-state index in [2.05, 4.69) is 65.8 Å². The largest absolute Gasteiger partial charge is 0.458 e. The number of aryl methyl sites for hydroxylation is 1. The van der Waals surface area contributed by atoms with Crippen LogP contribution in [0.2, 0.25) is 6.32 Å². The van der Waals surface area contributed by atoms with Crippen molar-refractivity contribution in [1.29, 1.82) is 0 Å². The molecular formula is C16H25BO2. The fourth-order valence-corrected chi connectivity index (χ4v) is 2.38. The van der Waals surface area contributed by atoms with Gasteiger partial charge in [0.15, 0.2) is 0 Å². The van der Waals surface area contributed by atoms with Crippen LogP contribution in [0.15, 0.2) is 24.3 Å². The lowest BCUT2D eigenvalue weighted by Crippen LogP contribution is -2.41. The topological polar surface area (TPSA) is 18.5 Å². The van der Waals surface area contributed by atoms with E-state index in [1.807, 2.05) is 0 Å². The molecule has 2 nitrogen and oxygen atoms in total. The summed E-state index contributed by atoms with van der Waals surface area (Å²) in [5.74, 6) is 0.440. The van der Waals surface area contributed by atoms with E-state index < -0.39 is 0 Å². The molecular weight excluding hydrogens is 235 g/mol. The van der Waals surface area contributed by atoms with Gasteiger partial charge in [0.25, 0.3) is 0 Å². The fourth-order valence-electron chi connectivity index (χ4n) is 2.38. The van der Waals surface area contributed by atoms with Gasteiger partial charge >= 0.3 is 7.12 Å². The first-order chi connectivity index (χ1) is 8.71. The van der Waals surface area contributed by atoms with Crippen molar-refractivity contribution >= 4 is 7.12 Å². The summed E-state index contributed by atoms with van der Waals surface area (Å²) < 4.78 is 12.1. The first-order valence-corrected chi connectivity index (χ1v) is 7.13. The first kappa shape index (κ1) is 14.6. The summed E-state index contributed by atoms with van der Waals surface area (Å²) in [6.45, 7) is 12.7. The molecule has 1 unspecified atom stereocenters. The molecule has 1 saturated heterocycles. The van der Waals surface area contributed by atoms with E-state index in [1.165, 1.54) is 11.1 Å². The Balaban J connectivity index is 2.01. The Hall–Kier alpha value is -0.795. The van der Waals surface area contributed by atoms with Gasteiger partial charge in [0.2, 0.25) is 0 Å². The summed E-state index contributed by atoms with van der Waals surface area (Å²) in [4.78, 5) is 0. The van der Waals surface area contributed by atoms with E-state index in [0.29, 0.717) is 5.92 Å². The second-order valence-corrected chi connectivity index (χ2v) is 6.73. The second kappa shape index (κ2) is 4.95. The number of rotatable bonds is 3. The Labute approximate surface area is 117 Å². The van der Waals surface area contributed by atoms with E-state index in [-0.39, 0.29) is 18.3 Å². The molecule has 1 aliphatic rings. The summed E-state index contributed by atoms with van der Waals surface area (Å²) in [5, 5.41) is 0. The highest BCUT2D eigenvalue weighted by Crippen LogP contribution is 2.39. The zero-order valence-corrected chi connectivity index (χ0v) is 13.0. The summed E-state index contributed by atoms with van der Waals surface area (Å²) in [6, 6.07) is 8.72. The van der Waals surface area contributed by atoms with Crippen molar-refractivity contribution < 1.29 is 9.31 Å². The van der Waals surface area contributed by atoms with E-state index >= 15 is 0 Å². The monoisotopic (exact) mass is 260 g/mol. The van der Waals surface area contributed by atoms with E-state index in [1.54, 1.807) is 0 Å². The molecule has 0 spiro atoms. The molecule has 0 bridgehead atoms. The van der Waals surface area contributed by atoms with Gasteiger partial charge in [0.05, 0.1) is 11.2 Å². The normalized spacial score (nSPS) is 22.5. The van der Waals surface area contributed by atoms with Crippen molar-refractivity contribution in [2.45, 2.75) is 65.0 Å². The molecule has 0 saturated carbocycles. The molecule has 0 aromatic heterocycles. The predicted octanol–water partition coefficient (Wildman–Crippen LogP) is 4.19. The third-order valence-corrected chi connectivity index (χ3v) is 4.49. The Morgan fingerprint density at radius 2 is 1.47 bits per heavy atom. The fraction of sp³-hybridized carbons (Fsp3) is 0.625. The van der Waals surface area contributed by atoms with Crippen LogP contribution in [0.4, 0.5) is 0 Å². The summed E-state index contributed by atoms with van der Waals surface area (Å²) in [5.41, 5.74) is 2.18. The van der Waals surface area contributed by atoms with Gasteiger partial charge in [0.1, 0.15) is 0 Å². The van der Waals surface area contributed by atoms with Crippen LogP contribution >= 0.6 is 0 Å². The van der Waals surface area contributed by atoms with E-state index in [0.717, 1.165) is 6.32 Å². The zero-order valence-electron chi connectivity index (χ0n) is 13.0. The molecule has 1 fully saturated rings. The molecule has 3 heteroatoms. The minimum absolute atomic E-state index is 0.110. The summed E-state index contributed by atoms with van der Waals surface area (Å²) in [7, 11) is -0.110. The molecule has 1 aromatic rings. The summed E-state index contributed by atoms with van der Waals surface area (Å²) in [6.07, 6.45) is 0.899. The number of hydrogen-bond acceptors (Lipinski definition) is 2. The van der Waals surface area contributed by atoms with Crippen molar-refractivity contribution in [3.05, 3.63) is 35.4 Å². The molecule has 1 atom stereocenters. The van der Waals surface area contributed by atoms with Gasteiger partial charge in [-0.25, -0.2) is 0 Å². The van der Waals surface area contributed by atoms with Gasteiger partial charge in [-0.05, 0) is 52.4 Å². The zero-order chi connectivity index (χ0) is 14.3. The third-order valence-electron chi connectivity index (χ3n) is 4.49. The van der Waals surface area contributed by atoms with Gasteiger partial charge in [-0.1, -0.05) is 36.8 Å². The van der Waals surface area contributed by atoms with Crippen molar-refractivity contribution in [2.24, 2.45) is 0 Å². The number of hydrogen-bond donors (Lipinski definition) is 0. The highest BCUT2D eigenvalue weighted by Gasteiger charge is 2.51. The second-order valence-electron chi connectivity index (χ2n) is 6.73. The maximum absolute atomic E-state index is 6.06. The van der Waals surface area contributed by atoms with Gasteiger partial charge in [-0.15, -0.1) is 0 Å². The van der Waals surface area contributed by atoms with Gasteiger partial charge in [-0.2, -0.15) is 0 Å². The lowest BCUT2D eigenvalue weighted by Gasteiger charge is -2.32. The molecule has 1 aliphatic heterocycles. The molecule has 0 radical (unpaired) electrons. The van der Waals surface area contributed by atoms with E-state index in [9.17, 15) is 0 Å². The Morgan fingerprint density at radius 1 is 1.00 bits per heavy atom. The van der Waals surface area contributed by atoms with Crippen LogP contribution < -0.4 is 0 Å². The van der Waals surface area contributed by atoms with Crippen LogP contribution in [0, 0.1) is 6.92 Å². The van der Waals surface area contributed by atoms with Crippen LogP contribution in [0.3, 0.4) is 0 Å². The first-order valence-electron chi connectivity index (χ1n) is 7.13. The standard InChI is InChI=1S/C16H25BO2/c1-12-7-9-14(10-8-12)13(2)11-17-18-15(3,4)16(5,6)19-17/h7-10,13H,11H2,1-6H3. The Bertz CT molecular complexity index is 421. The van der Waals surface area contributed by atoms with Crippen LogP contribution in [-0.4, -0.2) is 18.3 Å². The minimum atomic E-state index is -0.231. The SMILES string of the molecule is Cc1ccc(C(C)CB2OC(C)(C)C(C)(C)O2)cc1. The lowest BCUT2D eigenvalue weighted by atomic mass is 9.75. The smallest absolute Gasteiger partial charge is 0.403 e. The van der Waals surface area contributed by atoms with Gasteiger partial charge in [0, 0.05) is 0 Å². The van der Waals surface area contributed by atoms with E-state index in [4.69, 9.17) is 9.31 Å². The van der Waals surface area contributed by atoms with Crippen molar-refractivity contribution in [2.75, 3.05) is 0 Å². The van der Waals surface area contributed by atoms with Gasteiger partial charge in [-0.3, -0.25) is 0 Å². The maximum atomic E-state index is 6.06. The van der Waals surface area contributed by atoms with Crippen LogP contribution in [-0.2, 0) is 9.31 Å². The Kier molecular flexibility index (Phi) is 3.81. The minimum Gasteiger partial charge on any atom is -0.403 e. The lowest BCUT2D eigenvalue weighted by molar-refractivity contribution is 0.00578. The van der Waals surface area contributed by atoms with Crippen molar-refractivity contribution in [1.82, 2.24) is 0 Å². The number of benzene rings is 1. The highest BCUT2D eigenvalue weighted by molar-refractivity contribution is 6.45. The van der Waals surface area contributed by atoms with Crippen molar-refractivity contribution in [3.8, 4) is 0 Å². The predicted molar refractivity (Wildman–Crippen MR) is 80.5 cm³/mol. The van der Waals surface area contributed by atoms with Crippen LogP contribution in [0.25, 0.3) is 0 Å². The molecule has 0 amide bonds. The molecule has 1 heterocycles. The summed E-state index contributed by atoms with van der Waals surface area (Å²) >= 11 is 0. The molecule has 1 aromatic carbocycles. The molecule has 0 N–H and O–H groups in total. The highest BCUT2D eigenvalue weighted by atomic mass is 16.7.